The maximum absolute atomic E-state index is 13.2. The topological polar surface area (TPSA) is 57.4 Å². The van der Waals surface area contributed by atoms with Crippen LogP contribution < -0.4 is 9.47 Å². The molecule has 3 rings (SSSR count). The van der Waals surface area contributed by atoms with E-state index in [4.69, 9.17) is 14.0 Å². The summed E-state index contributed by atoms with van der Waals surface area (Å²) in [7, 11) is 3.16. The molecule has 5 nitrogen and oxygen atoms in total. The molecule has 0 aliphatic rings. The average molecular weight is 360 g/mol. The van der Waals surface area contributed by atoms with Crippen molar-refractivity contribution >= 4 is 11.8 Å². The van der Waals surface area contributed by atoms with Crippen molar-refractivity contribution in [1.82, 2.24) is 10.1 Å². The van der Waals surface area contributed by atoms with E-state index < -0.39 is 0 Å². The number of rotatable bonds is 7. The number of hydrogen-bond acceptors (Lipinski definition) is 6. The summed E-state index contributed by atoms with van der Waals surface area (Å²) in [4.78, 5) is 4.39. The average Bonchev–Trinajstić information content (AvgIpc) is 3.10. The minimum Gasteiger partial charge on any atom is -0.493 e. The molecule has 0 atom stereocenters. The maximum Gasteiger partial charge on any atom is 0.236 e. The van der Waals surface area contributed by atoms with Gasteiger partial charge in [-0.25, -0.2) is 4.39 Å². The van der Waals surface area contributed by atoms with Crippen molar-refractivity contribution < 1.29 is 18.4 Å². The van der Waals surface area contributed by atoms with Gasteiger partial charge in [-0.15, -0.1) is 11.8 Å². The summed E-state index contributed by atoms with van der Waals surface area (Å²) in [5, 5.41) is 4.00. The lowest BCUT2D eigenvalue weighted by Gasteiger charge is -2.07. The van der Waals surface area contributed by atoms with Gasteiger partial charge >= 0.3 is 0 Å². The van der Waals surface area contributed by atoms with Gasteiger partial charge in [0.05, 0.1) is 20.0 Å². The first-order valence-corrected chi connectivity index (χ1v) is 8.72. The molecule has 1 heterocycles. The predicted molar refractivity (Wildman–Crippen MR) is 94.2 cm³/mol. The lowest BCUT2D eigenvalue weighted by molar-refractivity contribution is 0.355. The second kappa shape index (κ2) is 8.02. The smallest absolute Gasteiger partial charge is 0.236 e. The fourth-order valence-electron chi connectivity index (χ4n) is 2.29. The molecule has 0 aliphatic heterocycles. The molecule has 0 saturated heterocycles. The van der Waals surface area contributed by atoms with E-state index in [1.165, 1.54) is 12.1 Å². The van der Waals surface area contributed by atoms with E-state index in [2.05, 4.69) is 10.1 Å². The Morgan fingerprint density at radius 1 is 1.04 bits per heavy atom. The Morgan fingerprint density at radius 2 is 1.88 bits per heavy atom. The van der Waals surface area contributed by atoms with Crippen LogP contribution in [0.25, 0.3) is 11.4 Å². The molecular weight excluding hydrogens is 343 g/mol. The summed E-state index contributed by atoms with van der Waals surface area (Å²) < 4.78 is 28.9. The molecule has 0 bridgehead atoms. The highest BCUT2D eigenvalue weighted by Gasteiger charge is 2.12. The standard InChI is InChI=1S/C18H17FN2O3S/c1-22-15-7-6-13(9-16(15)23-2)18-20-17(24-21-18)11-25-10-12-4-3-5-14(19)8-12/h3-9H,10-11H2,1-2H3. The van der Waals surface area contributed by atoms with Crippen molar-refractivity contribution in [3.8, 4) is 22.9 Å². The molecule has 1 aromatic heterocycles. The van der Waals surface area contributed by atoms with E-state index >= 15 is 0 Å². The van der Waals surface area contributed by atoms with Crippen LogP contribution in [0.4, 0.5) is 4.39 Å². The van der Waals surface area contributed by atoms with Gasteiger partial charge in [0.1, 0.15) is 5.82 Å². The van der Waals surface area contributed by atoms with Crippen LogP contribution >= 0.6 is 11.8 Å². The Morgan fingerprint density at radius 3 is 2.64 bits per heavy atom. The van der Waals surface area contributed by atoms with E-state index in [9.17, 15) is 4.39 Å². The molecule has 0 amide bonds. The molecule has 3 aromatic rings. The maximum atomic E-state index is 13.2. The van der Waals surface area contributed by atoms with Gasteiger partial charge in [0.15, 0.2) is 11.5 Å². The van der Waals surface area contributed by atoms with Crippen LogP contribution in [-0.2, 0) is 11.5 Å². The van der Waals surface area contributed by atoms with Crippen molar-refractivity contribution in [1.29, 1.82) is 0 Å². The fraction of sp³-hybridized carbons (Fsp3) is 0.222. The summed E-state index contributed by atoms with van der Waals surface area (Å²) in [5.74, 6) is 3.25. The number of benzene rings is 2. The first kappa shape index (κ1) is 17.3. The first-order chi connectivity index (χ1) is 12.2. The van der Waals surface area contributed by atoms with Crippen LogP contribution in [0.5, 0.6) is 11.5 Å². The lowest BCUT2D eigenvalue weighted by Crippen LogP contribution is -1.91. The second-order valence-corrected chi connectivity index (χ2v) is 6.19. The highest BCUT2D eigenvalue weighted by molar-refractivity contribution is 7.97. The van der Waals surface area contributed by atoms with Crippen molar-refractivity contribution in [3.63, 3.8) is 0 Å². The summed E-state index contributed by atoms with van der Waals surface area (Å²) in [6, 6.07) is 12.0. The molecule has 2 aromatic carbocycles. The van der Waals surface area contributed by atoms with Crippen molar-refractivity contribution in [3.05, 3.63) is 59.7 Å². The second-order valence-electron chi connectivity index (χ2n) is 5.20. The molecule has 0 spiro atoms. The summed E-state index contributed by atoms with van der Waals surface area (Å²) in [6.07, 6.45) is 0. The van der Waals surface area contributed by atoms with E-state index in [0.717, 1.165) is 11.1 Å². The van der Waals surface area contributed by atoms with Gasteiger partial charge in [0, 0.05) is 11.3 Å². The van der Waals surface area contributed by atoms with Crippen molar-refractivity contribution in [2.24, 2.45) is 0 Å². The van der Waals surface area contributed by atoms with E-state index in [-0.39, 0.29) is 5.82 Å². The SMILES string of the molecule is COc1ccc(-c2noc(CSCc3cccc(F)c3)n2)cc1OC. The van der Waals surface area contributed by atoms with E-state index in [1.54, 1.807) is 44.2 Å². The Kier molecular flexibility index (Phi) is 5.55. The summed E-state index contributed by atoms with van der Waals surface area (Å²) in [5.41, 5.74) is 1.70. The minimum atomic E-state index is -0.230. The third kappa shape index (κ3) is 4.30. The largest absolute Gasteiger partial charge is 0.493 e. The molecule has 0 aliphatic carbocycles. The van der Waals surface area contributed by atoms with Crippen LogP contribution in [0.2, 0.25) is 0 Å². The van der Waals surface area contributed by atoms with Gasteiger partial charge in [0.2, 0.25) is 11.7 Å². The van der Waals surface area contributed by atoms with Crippen LogP contribution in [0, 0.1) is 5.82 Å². The lowest BCUT2D eigenvalue weighted by atomic mass is 10.2. The Hall–Kier alpha value is -2.54. The Balaban J connectivity index is 1.64. The molecule has 0 radical (unpaired) electrons. The van der Waals surface area contributed by atoms with Gasteiger partial charge in [0.25, 0.3) is 0 Å². The van der Waals surface area contributed by atoms with Gasteiger partial charge in [-0.3, -0.25) is 0 Å². The number of nitrogens with zero attached hydrogens (tertiary/aromatic N) is 2. The number of halogens is 1. The molecule has 130 valence electrons. The van der Waals surface area contributed by atoms with Gasteiger partial charge in [-0.1, -0.05) is 17.3 Å². The zero-order chi connectivity index (χ0) is 17.6. The van der Waals surface area contributed by atoms with Crippen LogP contribution in [-0.4, -0.2) is 24.4 Å². The molecule has 0 saturated carbocycles. The van der Waals surface area contributed by atoms with E-state index in [0.29, 0.717) is 34.7 Å². The van der Waals surface area contributed by atoms with Crippen molar-refractivity contribution in [2.45, 2.75) is 11.5 Å². The number of methoxy groups -OCH3 is 2. The Labute approximate surface area is 149 Å². The number of thioether (sulfide) groups is 1. The highest BCUT2D eigenvalue weighted by atomic mass is 32.2. The zero-order valence-electron chi connectivity index (χ0n) is 13.9. The fourth-order valence-corrected chi connectivity index (χ4v) is 3.10. The summed E-state index contributed by atoms with van der Waals surface area (Å²) >= 11 is 1.58. The van der Waals surface area contributed by atoms with Crippen LogP contribution in [0.3, 0.4) is 0 Å². The van der Waals surface area contributed by atoms with E-state index in [1.807, 2.05) is 12.1 Å². The number of ether oxygens (including phenoxy) is 2. The third-order valence-electron chi connectivity index (χ3n) is 3.49. The summed E-state index contributed by atoms with van der Waals surface area (Å²) in [6.45, 7) is 0. The van der Waals surface area contributed by atoms with Gasteiger partial charge < -0.3 is 14.0 Å². The minimum absolute atomic E-state index is 0.230. The molecule has 0 fully saturated rings. The molecular formula is C18H17FN2O3S. The first-order valence-electron chi connectivity index (χ1n) is 7.57. The monoisotopic (exact) mass is 360 g/mol. The number of aromatic nitrogens is 2. The van der Waals surface area contributed by atoms with Gasteiger partial charge in [-0.05, 0) is 35.9 Å². The predicted octanol–water partition coefficient (Wildman–Crippen LogP) is 4.33. The van der Waals surface area contributed by atoms with Crippen LogP contribution in [0.1, 0.15) is 11.5 Å². The molecule has 25 heavy (non-hydrogen) atoms. The normalized spacial score (nSPS) is 10.7. The Bertz CT molecular complexity index is 854. The highest BCUT2D eigenvalue weighted by Crippen LogP contribution is 2.31. The molecule has 7 heteroatoms. The quantitative estimate of drug-likeness (QED) is 0.625. The van der Waals surface area contributed by atoms with Gasteiger partial charge in [-0.2, -0.15) is 4.98 Å². The number of hydrogen-bond donors (Lipinski definition) is 0. The zero-order valence-corrected chi connectivity index (χ0v) is 14.7. The molecule has 0 unspecified atom stereocenters. The third-order valence-corrected chi connectivity index (χ3v) is 4.48. The van der Waals surface area contributed by atoms with Crippen molar-refractivity contribution in [2.75, 3.05) is 14.2 Å². The van der Waals surface area contributed by atoms with Crippen LogP contribution in [0.15, 0.2) is 47.0 Å². The molecule has 0 N–H and O–H groups in total.